The number of nitrogens with zero attached hydrogens (tertiary/aromatic N) is 2. The second kappa shape index (κ2) is 8.15. The summed E-state index contributed by atoms with van der Waals surface area (Å²) in [5, 5.41) is 0. The lowest BCUT2D eigenvalue weighted by atomic mass is 10.1. The molecule has 0 aliphatic carbocycles. The molecule has 5 heteroatoms. The van der Waals surface area contributed by atoms with Crippen molar-refractivity contribution in [1.82, 2.24) is 9.55 Å². The van der Waals surface area contributed by atoms with Crippen LogP contribution in [0.3, 0.4) is 0 Å². The van der Waals surface area contributed by atoms with Gasteiger partial charge in [0, 0.05) is 25.4 Å². The van der Waals surface area contributed by atoms with Gasteiger partial charge >= 0.3 is 5.97 Å². The zero-order chi connectivity index (χ0) is 17.5. The van der Waals surface area contributed by atoms with Crippen LogP contribution in [0.25, 0.3) is 0 Å². The summed E-state index contributed by atoms with van der Waals surface area (Å²) in [6.45, 7) is 1.20. The van der Waals surface area contributed by atoms with Crippen molar-refractivity contribution in [3.05, 3.63) is 83.9 Å². The predicted octanol–water partition coefficient (Wildman–Crippen LogP) is 3.34. The van der Waals surface area contributed by atoms with E-state index in [1.807, 2.05) is 54.7 Å². The molecule has 1 aromatic heterocycles. The van der Waals surface area contributed by atoms with Crippen LogP contribution in [0.4, 0.5) is 0 Å². The summed E-state index contributed by atoms with van der Waals surface area (Å²) in [5.74, 6) is 1.47. The molecule has 25 heavy (non-hydrogen) atoms. The molecule has 0 aliphatic heterocycles. The lowest BCUT2D eigenvalue weighted by Crippen LogP contribution is -2.10. The second-order valence-electron chi connectivity index (χ2n) is 5.57. The van der Waals surface area contributed by atoms with E-state index in [9.17, 15) is 4.79 Å². The topological polar surface area (TPSA) is 53.4 Å². The van der Waals surface area contributed by atoms with Gasteiger partial charge in [-0.25, -0.2) is 9.78 Å². The zero-order valence-electron chi connectivity index (χ0n) is 14.1. The Morgan fingerprint density at radius 3 is 2.76 bits per heavy atom. The Morgan fingerprint density at radius 1 is 1.12 bits per heavy atom. The first-order chi connectivity index (χ1) is 12.3. The summed E-state index contributed by atoms with van der Waals surface area (Å²) in [5.41, 5.74) is 1.57. The third-order valence-electron chi connectivity index (χ3n) is 3.84. The highest BCUT2D eigenvalue weighted by atomic mass is 16.5. The molecule has 0 atom stereocenters. The van der Waals surface area contributed by atoms with Crippen LogP contribution in [0.1, 0.15) is 21.7 Å². The number of carbonyl (C=O) groups is 1. The molecule has 128 valence electrons. The quantitative estimate of drug-likeness (QED) is 0.621. The molecule has 5 nitrogen and oxygen atoms in total. The normalized spacial score (nSPS) is 10.4. The van der Waals surface area contributed by atoms with Crippen LogP contribution in [0.5, 0.6) is 5.75 Å². The Kier molecular flexibility index (Phi) is 5.46. The van der Waals surface area contributed by atoms with Gasteiger partial charge in [0.2, 0.25) is 0 Å². The third kappa shape index (κ3) is 4.47. The number of hydrogen-bond donors (Lipinski definition) is 0. The number of para-hydroxylation sites is 1. The van der Waals surface area contributed by atoms with E-state index in [-0.39, 0.29) is 5.97 Å². The van der Waals surface area contributed by atoms with Gasteiger partial charge in [-0.2, -0.15) is 0 Å². The molecule has 3 aromatic rings. The van der Waals surface area contributed by atoms with Crippen molar-refractivity contribution in [3.63, 3.8) is 0 Å². The van der Waals surface area contributed by atoms with Gasteiger partial charge in [-0.1, -0.05) is 30.3 Å². The molecular formula is C20H20N2O3. The highest BCUT2D eigenvalue weighted by Gasteiger charge is 2.08. The molecule has 2 aromatic carbocycles. The fourth-order valence-electron chi connectivity index (χ4n) is 2.60. The minimum Gasteiger partial charge on any atom is -0.493 e. The maximum atomic E-state index is 11.7. The van der Waals surface area contributed by atoms with Gasteiger partial charge in [-0.3, -0.25) is 0 Å². The summed E-state index contributed by atoms with van der Waals surface area (Å²) in [6, 6.07) is 17.2. The van der Waals surface area contributed by atoms with E-state index in [1.165, 1.54) is 7.11 Å². The van der Waals surface area contributed by atoms with Crippen LogP contribution >= 0.6 is 0 Å². The average molecular weight is 336 g/mol. The van der Waals surface area contributed by atoms with Gasteiger partial charge in [-0.05, 0) is 29.8 Å². The van der Waals surface area contributed by atoms with E-state index >= 15 is 0 Å². The van der Waals surface area contributed by atoms with Crippen LogP contribution in [0.2, 0.25) is 0 Å². The van der Waals surface area contributed by atoms with E-state index in [0.29, 0.717) is 25.1 Å². The smallest absolute Gasteiger partial charge is 0.337 e. The minimum absolute atomic E-state index is 0.330. The number of rotatable bonds is 7. The van der Waals surface area contributed by atoms with Crippen LogP contribution in [-0.2, 0) is 17.7 Å². The van der Waals surface area contributed by atoms with Gasteiger partial charge in [0.25, 0.3) is 0 Å². The number of methoxy groups -OCH3 is 1. The first kappa shape index (κ1) is 16.8. The number of ether oxygens (including phenoxy) is 2. The Morgan fingerprint density at radius 2 is 1.96 bits per heavy atom. The number of aromatic nitrogens is 2. The van der Waals surface area contributed by atoms with Gasteiger partial charge in [0.05, 0.1) is 19.3 Å². The Bertz CT molecular complexity index is 828. The van der Waals surface area contributed by atoms with Crippen molar-refractivity contribution < 1.29 is 14.3 Å². The number of hydrogen-bond acceptors (Lipinski definition) is 4. The average Bonchev–Trinajstić information content (AvgIpc) is 3.09. The summed E-state index contributed by atoms with van der Waals surface area (Å²) >= 11 is 0. The molecule has 0 fully saturated rings. The monoisotopic (exact) mass is 336 g/mol. The number of imidazole rings is 1. The Hall–Kier alpha value is -3.08. The maximum Gasteiger partial charge on any atom is 0.337 e. The van der Waals surface area contributed by atoms with Crippen molar-refractivity contribution in [1.29, 1.82) is 0 Å². The van der Waals surface area contributed by atoms with Crippen LogP contribution < -0.4 is 4.74 Å². The molecule has 0 saturated carbocycles. The first-order valence-electron chi connectivity index (χ1n) is 8.11. The summed E-state index contributed by atoms with van der Waals surface area (Å²) in [4.78, 5) is 16.1. The highest BCUT2D eigenvalue weighted by molar-refractivity contribution is 5.89. The lowest BCUT2D eigenvalue weighted by molar-refractivity contribution is 0.0600. The molecule has 0 saturated heterocycles. The Labute approximate surface area is 146 Å². The summed E-state index contributed by atoms with van der Waals surface area (Å²) in [7, 11) is 1.38. The second-order valence-corrected chi connectivity index (χ2v) is 5.57. The first-order valence-corrected chi connectivity index (χ1v) is 8.11. The molecule has 1 heterocycles. The minimum atomic E-state index is -0.330. The molecule has 0 unspecified atom stereocenters. The Balaban J connectivity index is 1.63. The fourth-order valence-corrected chi connectivity index (χ4v) is 2.60. The maximum absolute atomic E-state index is 11.7. The van der Waals surface area contributed by atoms with Gasteiger partial charge in [0.15, 0.2) is 0 Å². The van der Waals surface area contributed by atoms with Crippen LogP contribution in [0, 0.1) is 0 Å². The van der Waals surface area contributed by atoms with Crippen molar-refractivity contribution >= 4 is 5.97 Å². The largest absolute Gasteiger partial charge is 0.493 e. The molecule has 0 bridgehead atoms. The molecule has 0 N–H and O–H groups in total. The van der Waals surface area contributed by atoms with Crippen molar-refractivity contribution in [2.45, 2.75) is 13.0 Å². The van der Waals surface area contributed by atoms with Gasteiger partial charge < -0.3 is 14.0 Å². The lowest BCUT2D eigenvalue weighted by Gasteiger charge is -2.10. The van der Waals surface area contributed by atoms with Crippen molar-refractivity contribution in [3.8, 4) is 5.75 Å². The molecule has 0 aliphatic rings. The zero-order valence-corrected chi connectivity index (χ0v) is 14.1. The van der Waals surface area contributed by atoms with E-state index < -0.39 is 0 Å². The molecule has 3 rings (SSSR count). The van der Waals surface area contributed by atoms with E-state index in [4.69, 9.17) is 9.47 Å². The molecule has 0 radical (unpaired) electrons. The van der Waals surface area contributed by atoms with E-state index in [0.717, 1.165) is 17.1 Å². The summed E-state index contributed by atoms with van der Waals surface area (Å²) < 4.78 is 12.6. The molecular weight excluding hydrogens is 316 g/mol. The van der Waals surface area contributed by atoms with Gasteiger partial charge in [-0.15, -0.1) is 0 Å². The SMILES string of the molecule is COC(=O)c1cccc(Cn2ccnc2CCOc2ccccc2)c1. The van der Waals surface area contributed by atoms with Gasteiger partial charge in [0.1, 0.15) is 11.6 Å². The number of carbonyl (C=O) groups excluding carboxylic acids is 1. The standard InChI is InChI=1S/C20H20N2O3/c1-24-20(23)17-7-5-6-16(14-17)15-22-12-11-21-19(22)10-13-25-18-8-3-2-4-9-18/h2-9,11-12,14H,10,13,15H2,1H3. The van der Waals surface area contributed by atoms with Crippen molar-refractivity contribution in [2.75, 3.05) is 13.7 Å². The number of esters is 1. The summed E-state index contributed by atoms with van der Waals surface area (Å²) in [6.07, 6.45) is 4.42. The van der Waals surface area contributed by atoms with Crippen molar-refractivity contribution in [2.24, 2.45) is 0 Å². The van der Waals surface area contributed by atoms with Crippen LogP contribution in [-0.4, -0.2) is 29.2 Å². The van der Waals surface area contributed by atoms with E-state index in [2.05, 4.69) is 9.55 Å². The van der Waals surface area contributed by atoms with E-state index in [1.54, 1.807) is 12.3 Å². The molecule has 0 spiro atoms. The fraction of sp³-hybridized carbons (Fsp3) is 0.200. The third-order valence-corrected chi connectivity index (χ3v) is 3.84. The number of benzene rings is 2. The van der Waals surface area contributed by atoms with Crippen LogP contribution in [0.15, 0.2) is 67.0 Å². The highest BCUT2D eigenvalue weighted by Crippen LogP contribution is 2.12. The molecule has 0 amide bonds. The predicted molar refractivity (Wildman–Crippen MR) is 94.8 cm³/mol.